The molecule has 0 aliphatic carbocycles. The lowest BCUT2D eigenvalue weighted by molar-refractivity contribution is 0.152. The van der Waals surface area contributed by atoms with Crippen molar-refractivity contribution < 1.29 is 0 Å². The Morgan fingerprint density at radius 1 is 0.480 bits per heavy atom. The van der Waals surface area contributed by atoms with E-state index >= 15 is 0 Å². The number of piperazine rings is 1. The highest BCUT2D eigenvalue weighted by Crippen LogP contribution is 2.14. The minimum absolute atomic E-state index is 1.26. The number of hydrogen-bond acceptors (Lipinski definition) is 2. The number of nitrogens with zero attached hydrogens (tertiary/aromatic N) is 2. The van der Waals surface area contributed by atoms with Crippen LogP contribution in [0, 0.1) is 0 Å². The lowest BCUT2D eigenvalue weighted by Crippen LogP contribution is -2.44. The number of hydrogen-bond donors (Lipinski definition) is 0. The molecule has 0 aromatic rings. The molecule has 0 amide bonds. The van der Waals surface area contributed by atoms with Crippen LogP contribution in [0.3, 0.4) is 0 Å². The summed E-state index contributed by atoms with van der Waals surface area (Å²) in [7, 11) is 2.24. The van der Waals surface area contributed by atoms with Crippen molar-refractivity contribution in [2.75, 3.05) is 39.8 Å². The Hall–Kier alpha value is -0.0800. The maximum Gasteiger partial charge on any atom is 0.0110 e. The Balaban J connectivity index is 1.68. The zero-order valence-corrected chi connectivity index (χ0v) is 17.7. The second-order valence-corrected chi connectivity index (χ2v) is 8.45. The van der Waals surface area contributed by atoms with Gasteiger partial charge in [0.2, 0.25) is 0 Å². The fourth-order valence-electron chi connectivity index (χ4n) is 3.95. The topological polar surface area (TPSA) is 6.48 Å². The van der Waals surface area contributed by atoms with Crippen LogP contribution in [0.25, 0.3) is 0 Å². The highest BCUT2D eigenvalue weighted by molar-refractivity contribution is 4.68. The molecule has 0 aromatic heterocycles. The van der Waals surface area contributed by atoms with Crippen LogP contribution in [-0.4, -0.2) is 49.6 Å². The number of rotatable bonds is 17. The summed E-state index contributed by atoms with van der Waals surface area (Å²) < 4.78 is 0. The van der Waals surface area contributed by atoms with Gasteiger partial charge in [0.05, 0.1) is 0 Å². The first-order valence-electron chi connectivity index (χ1n) is 11.7. The van der Waals surface area contributed by atoms with Gasteiger partial charge in [0, 0.05) is 26.2 Å². The van der Waals surface area contributed by atoms with Gasteiger partial charge in [0.25, 0.3) is 0 Å². The van der Waals surface area contributed by atoms with Crippen LogP contribution >= 0.6 is 0 Å². The zero-order chi connectivity index (χ0) is 18.0. The molecule has 150 valence electrons. The van der Waals surface area contributed by atoms with Gasteiger partial charge in [-0.25, -0.2) is 0 Å². The van der Waals surface area contributed by atoms with Crippen molar-refractivity contribution in [2.45, 2.75) is 110 Å². The molecule has 1 fully saturated rings. The minimum Gasteiger partial charge on any atom is -0.304 e. The van der Waals surface area contributed by atoms with Crippen molar-refractivity contribution in [3.63, 3.8) is 0 Å². The van der Waals surface area contributed by atoms with Crippen LogP contribution in [0.4, 0.5) is 0 Å². The Bertz CT molecular complexity index is 259. The third-order valence-corrected chi connectivity index (χ3v) is 5.92. The van der Waals surface area contributed by atoms with Gasteiger partial charge in [-0.1, -0.05) is 103 Å². The van der Waals surface area contributed by atoms with E-state index in [4.69, 9.17) is 0 Å². The minimum atomic E-state index is 1.26. The first kappa shape index (κ1) is 23.0. The highest BCUT2D eigenvalue weighted by Gasteiger charge is 2.12. The monoisotopic (exact) mass is 352 g/mol. The molecule has 0 radical (unpaired) electrons. The van der Waals surface area contributed by atoms with Crippen molar-refractivity contribution in [2.24, 2.45) is 0 Å². The zero-order valence-electron chi connectivity index (χ0n) is 17.7. The molecule has 1 rings (SSSR count). The molecule has 25 heavy (non-hydrogen) atoms. The van der Waals surface area contributed by atoms with E-state index in [-0.39, 0.29) is 0 Å². The number of likely N-dealkylation sites (N-methyl/N-ethyl adjacent to an activating group) is 1. The molecule has 0 aromatic carbocycles. The lowest BCUT2D eigenvalue weighted by atomic mass is 10.0. The molecule has 1 aliphatic rings. The third-order valence-electron chi connectivity index (χ3n) is 5.92. The van der Waals surface area contributed by atoms with Crippen LogP contribution in [0.5, 0.6) is 0 Å². The quantitative estimate of drug-likeness (QED) is 0.276. The maximum absolute atomic E-state index is 2.66. The van der Waals surface area contributed by atoms with Gasteiger partial charge < -0.3 is 9.80 Å². The fourth-order valence-corrected chi connectivity index (χ4v) is 3.95. The van der Waals surface area contributed by atoms with E-state index in [1.807, 2.05) is 0 Å². The second kappa shape index (κ2) is 17.3. The molecular weight excluding hydrogens is 304 g/mol. The summed E-state index contributed by atoms with van der Waals surface area (Å²) >= 11 is 0. The molecule has 0 atom stereocenters. The molecule has 1 heterocycles. The Morgan fingerprint density at radius 2 is 0.840 bits per heavy atom. The lowest BCUT2D eigenvalue weighted by Gasteiger charge is -2.32. The molecule has 2 heteroatoms. The van der Waals surface area contributed by atoms with Crippen LogP contribution in [0.2, 0.25) is 0 Å². The molecule has 0 unspecified atom stereocenters. The van der Waals surface area contributed by atoms with Gasteiger partial charge in [0.1, 0.15) is 0 Å². The molecule has 1 saturated heterocycles. The molecule has 0 spiro atoms. The summed E-state index contributed by atoms with van der Waals surface area (Å²) in [4.78, 5) is 5.11. The predicted molar refractivity (Wildman–Crippen MR) is 113 cm³/mol. The summed E-state index contributed by atoms with van der Waals surface area (Å²) in [6, 6.07) is 0. The average Bonchev–Trinajstić information content (AvgIpc) is 2.63. The van der Waals surface area contributed by atoms with E-state index in [2.05, 4.69) is 23.8 Å². The van der Waals surface area contributed by atoms with E-state index in [9.17, 15) is 0 Å². The molecule has 0 N–H and O–H groups in total. The van der Waals surface area contributed by atoms with E-state index < -0.39 is 0 Å². The normalized spacial score (nSPS) is 16.6. The molecular formula is C23H48N2. The van der Waals surface area contributed by atoms with E-state index in [1.54, 1.807) is 0 Å². The van der Waals surface area contributed by atoms with Crippen LogP contribution in [0.1, 0.15) is 110 Å². The van der Waals surface area contributed by atoms with Crippen molar-refractivity contribution >= 4 is 0 Å². The number of unbranched alkanes of at least 4 members (excludes halogenated alkanes) is 15. The van der Waals surface area contributed by atoms with Gasteiger partial charge >= 0.3 is 0 Å². The average molecular weight is 353 g/mol. The molecule has 2 nitrogen and oxygen atoms in total. The van der Waals surface area contributed by atoms with E-state index in [0.29, 0.717) is 0 Å². The van der Waals surface area contributed by atoms with E-state index in [1.165, 1.54) is 135 Å². The first-order valence-corrected chi connectivity index (χ1v) is 11.7. The van der Waals surface area contributed by atoms with Crippen molar-refractivity contribution in [1.82, 2.24) is 9.80 Å². The van der Waals surface area contributed by atoms with Crippen LogP contribution in [-0.2, 0) is 0 Å². The van der Waals surface area contributed by atoms with Gasteiger partial charge in [-0.2, -0.15) is 0 Å². The van der Waals surface area contributed by atoms with Crippen molar-refractivity contribution in [1.29, 1.82) is 0 Å². The summed E-state index contributed by atoms with van der Waals surface area (Å²) in [6.07, 6.45) is 23.4. The summed E-state index contributed by atoms with van der Waals surface area (Å²) in [6.45, 7) is 8.74. The smallest absolute Gasteiger partial charge is 0.0110 e. The van der Waals surface area contributed by atoms with Gasteiger partial charge in [-0.3, -0.25) is 0 Å². The highest BCUT2D eigenvalue weighted by atomic mass is 15.2. The summed E-state index contributed by atoms with van der Waals surface area (Å²) in [5.41, 5.74) is 0. The standard InChI is InChI=1S/C23H48N2/c1-3-4-5-6-7-8-9-10-11-12-13-14-15-16-17-18-19-25-22-20-24(2)21-23-25/h3-23H2,1-2H3. The van der Waals surface area contributed by atoms with Gasteiger partial charge in [-0.15, -0.1) is 0 Å². The Labute approximate surface area is 159 Å². The Kier molecular flexibility index (Phi) is 15.9. The van der Waals surface area contributed by atoms with Gasteiger partial charge in [-0.05, 0) is 20.0 Å². The fraction of sp³-hybridized carbons (Fsp3) is 1.00. The SMILES string of the molecule is CCCCCCCCCCCCCCCCCCN1CCN(C)CC1. The maximum atomic E-state index is 2.66. The van der Waals surface area contributed by atoms with Crippen molar-refractivity contribution in [3.05, 3.63) is 0 Å². The van der Waals surface area contributed by atoms with Crippen LogP contribution < -0.4 is 0 Å². The second-order valence-electron chi connectivity index (χ2n) is 8.45. The largest absolute Gasteiger partial charge is 0.304 e. The third kappa shape index (κ3) is 14.7. The Morgan fingerprint density at radius 3 is 1.24 bits per heavy atom. The first-order chi connectivity index (χ1) is 12.3. The van der Waals surface area contributed by atoms with E-state index in [0.717, 1.165) is 0 Å². The molecule has 1 aliphatic heterocycles. The predicted octanol–water partition coefficient (Wildman–Crippen LogP) is 6.50. The van der Waals surface area contributed by atoms with Gasteiger partial charge in [0.15, 0.2) is 0 Å². The summed E-state index contributed by atoms with van der Waals surface area (Å²) in [5.74, 6) is 0. The van der Waals surface area contributed by atoms with Crippen molar-refractivity contribution in [3.8, 4) is 0 Å². The summed E-state index contributed by atoms with van der Waals surface area (Å²) in [5, 5.41) is 0. The molecule has 0 bridgehead atoms. The molecule has 0 saturated carbocycles. The van der Waals surface area contributed by atoms with Crippen LogP contribution in [0.15, 0.2) is 0 Å².